The molecular formula is C29H28N4O6S. The molecule has 10 nitrogen and oxygen atoms in total. The van der Waals surface area contributed by atoms with Gasteiger partial charge in [0.25, 0.3) is 17.5 Å². The smallest absolute Gasteiger partial charge is 0.269 e. The molecule has 206 valence electrons. The molecule has 0 saturated carbocycles. The van der Waals surface area contributed by atoms with E-state index in [0.29, 0.717) is 53.8 Å². The van der Waals surface area contributed by atoms with Crippen LogP contribution in [0.3, 0.4) is 0 Å². The number of carbonyl (C=O) groups excluding carboxylic acids is 2. The van der Waals surface area contributed by atoms with E-state index < -0.39 is 4.92 Å². The van der Waals surface area contributed by atoms with Crippen molar-refractivity contribution in [3.05, 3.63) is 111 Å². The molecule has 2 N–H and O–H groups in total. The quantitative estimate of drug-likeness (QED) is 0.121. The van der Waals surface area contributed by atoms with E-state index in [2.05, 4.69) is 15.6 Å². The monoisotopic (exact) mass is 560 g/mol. The number of benzene rings is 3. The average Bonchev–Trinajstić information content (AvgIpc) is 3.47. The van der Waals surface area contributed by atoms with Crippen molar-refractivity contribution in [1.82, 2.24) is 4.98 Å². The first-order valence-corrected chi connectivity index (χ1v) is 13.4. The van der Waals surface area contributed by atoms with Gasteiger partial charge in [-0.1, -0.05) is 12.1 Å². The Morgan fingerprint density at radius 2 is 1.70 bits per heavy atom. The molecule has 1 aromatic heterocycles. The van der Waals surface area contributed by atoms with E-state index in [0.717, 1.165) is 17.5 Å². The van der Waals surface area contributed by atoms with Crippen LogP contribution in [0.4, 0.5) is 16.5 Å². The second-order valence-corrected chi connectivity index (χ2v) is 9.70. The maximum atomic E-state index is 12.9. The van der Waals surface area contributed by atoms with Crippen LogP contribution in [0.25, 0.3) is 0 Å². The standard InChI is InChI=1S/C29H28N4O6S/c1-38-13-3-14-39-26-18-21(16-23(19-26)28(35)32-29-30-12-15-40-29)7-6-20-4-2-5-24(17-20)31-27(34)22-8-10-25(11-9-22)33(36)37/h2,4-5,8-12,15-19H,3,6-7,13-14H2,1H3,(H,31,34)(H,30,32,35). The van der Waals surface area contributed by atoms with Gasteiger partial charge in [-0.25, -0.2) is 4.98 Å². The number of aromatic nitrogens is 1. The molecule has 0 unspecified atom stereocenters. The van der Waals surface area contributed by atoms with Crippen LogP contribution in [0.2, 0.25) is 0 Å². The summed E-state index contributed by atoms with van der Waals surface area (Å²) in [5.74, 6) is -0.0299. The predicted molar refractivity (Wildman–Crippen MR) is 153 cm³/mol. The lowest BCUT2D eigenvalue weighted by atomic mass is 10.0. The number of anilines is 2. The van der Waals surface area contributed by atoms with E-state index in [9.17, 15) is 19.7 Å². The summed E-state index contributed by atoms with van der Waals surface area (Å²) in [5, 5.41) is 18.8. The minimum Gasteiger partial charge on any atom is -0.493 e. The van der Waals surface area contributed by atoms with Gasteiger partial charge in [-0.2, -0.15) is 0 Å². The number of hydrogen-bond acceptors (Lipinski definition) is 8. The second kappa shape index (κ2) is 14.0. The molecule has 0 aliphatic carbocycles. The zero-order valence-corrected chi connectivity index (χ0v) is 22.6. The Morgan fingerprint density at radius 3 is 2.42 bits per heavy atom. The molecule has 0 radical (unpaired) electrons. The van der Waals surface area contributed by atoms with Crippen LogP contribution < -0.4 is 15.4 Å². The minimum atomic E-state index is -0.509. The number of nitro groups is 1. The first-order valence-electron chi connectivity index (χ1n) is 12.5. The lowest BCUT2D eigenvalue weighted by molar-refractivity contribution is -0.384. The third-order valence-corrected chi connectivity index (χ3v) is 6.56. The van der Waals surface area contributed by atoms with Crippen molar-refractivity contribution in [1.29, 1.82) is 0 Å². The molecule has 0 atom stereocenters. The highest BCUT2D eigenvalue weighted by Gasteiger charge is 2.13. The van der Waals surface area contributed by atoms with Gasteiger partial charge in [-0.3, -0.25) is 25.0 Å². The molecule has 4 aromatic rings. The van der Waals surface area contributed by atoms with Crippen LogP contribution in [-0.4, -0.2) is 42.0 Å². The fraction of sp³-hybridized carbons (Fsp3) is 0.207. The van der Waals surface area contributed by atoms with Crippen molar-refractivity contribution >= 4 is 39.7 Å². The zero-order valence-electron chi connectivity index (χ0n) is 21.8. The number of methoxy groups -OCH3 is 1. The summed E-state index contributed by atoms with van der Waals surface area (Å²) in [6, 6.07) is 18.4. The van der Waals surface area contributed by atoms with E-state index in [1.54, 1.807) is 30.8 Å². The Morgan fingerprint density at radius 1 is 0.925 bits per heavy atom. The van der Waals surface area contributed by atoms with E-state index in [1.807, 2.05) is 30.3 Å². The number of non-ortho nitro benzene ring substituents is 1. The molecule has 40 heavy (non-hydrogen) atoms. The van der Waals surface area contributed by atoms with Gasteiger partial charge in [0.15, 0.2) is 5.13 Å². The summed E-state index contributed by atoms with van der Waals surface area (Å²) in [5.41, 5.74) is 3.24. The van der Waals surface area contributed by atoms with Crippen LogP contribution in [0.1, 0.15) is 38.3 Å². The van der Waals surface area contributed by atoms with E-state index in [4.69, 9.17) is 9.47 Å². The van der Waals surface area contributed by atoms with Gasteiger partial charge in [0.05, 0.1) is 11.5 Å². The maximum absolute atomic E-state index is 12.9. The molecule has 0 aliphatic rings. The normalized spacial score (nSPS) is 10.6. The van der Waals surface area contributed by atoms with Gasteiger partial charge >= 0.3 is 0 Å². The summed E-state index contributed by atoms with van der Waals surface area (Å²) in [6.07, 6.45) is 3.64. The molecule has 0 fully saturated rings. The number of nitrogens with zero attached hydrogens (tertiary/aromatic N) is 2. The van der Waals surface area contributed by atoms with Gasteiger partial charge in [0, 0.05) is 60.7 Å². The van der Waals surface area contributed by atoms with Gasteiger partial charge in [-0.15, -0.1) is 11.3 Å². The molecule has 4 rings (SSSR count). The topological polar surface area (TPSA) is 133 Å². The largest absolute Gasteiger partial charge is 0.493 e. The summed E-state index contributed by atoms with van der Waals surface area (Å²) in [6.45, 7) is 1.04. The minimum absolute atomic E-state index is 0.0770. The first kappa shape index (κ1) is 28.4. The average molecular weight is 561 g/mol. The Bertz CT molecular complexity index is 1460. The highest BCUT2D eigenvalue weighted by Crippen LogP contribution is 2.22. The summed E-state index contributed by atoms with van der Waals surface area (Å²) < 4.78 is 11.0. The second-order valence-electron chi connectivity index (χ2n) is 8.81. The number of ether oxygens (including phenoxy) is 2. The van der Waals surface area contributed by atoms with Crippen molar-refractivity contribution in [2.45, 2.75) is 19.3 Å². The van der Waals surface area contributed by atoms with Crippen molar-refractivity contribution in [3.8, 4) is 5.75 Å². The van der Waals surface area contributed by atoms with E-state index in [-0.39, 0.29) is 17.5 Å². The summed E-state index contributed by atoms with van der Waals surface area (Å²) in [7, 11) is 1.64. The predicted octanol–water partition coefficient (Wildman–Crippen LogP) is 5.76. The Balaban J connectivity index is 1.43. The molecular weight excluding hydrogens is 532 g/mol. The molecule has 0 spiro atoms. The first-order chi connectivity index (χ1) is 19.4. The highest BCUT2D eigenvalue weighted by molar-refractivity contribution is 7.13. The molecule has 0 saturated heterocycles. The van der Waals surface area contributed by atoms with E-state index >= 15 is 0 Å². The number of carbonyl (C=O) groups is 2. The fourth-order valence-corrected chi connectivity index (χ4v) is 4.42. The van der Waals surface area contributed by atoms with E-state index in [1.165, 1.54) is 35.6 Å². The molecule has 0 bridgehead atoms. The van der Waals surface area contributed by atoms with Crippen LogP contribution in [0.15, 0.2) is 78.3 Å². The fourth-order valence-electron chi connectivity index (χ4n) is 3.90. The third-order valence-electron chi connectivity index (χ3n) is 5.87. The molecule has 3 aromatic carbocycles. The highest BCUT2D eigenvalue weighted by atomic mass is 32.1. The number of nitrogens with one attached hydrogen (secondary N) is 2. The van der Waals surface area contributed by atoms with Crippen molar-refractivity contribution < 1.29 is 24.0 Å². The Kier molecular flexibility index (Phi) is 9.92. The number of aryl methyl sites for hydroxylation is 2. The number of rotatable bonds is 13. The number of amides is 2. The molecule has 2 amide bonds. The van der Waals surface area contributed by atoms with Crippen LogP contribution >= 0.6 is 11.3 Å². The lowest BCUT2D eigenvalue weighted by Gasteiger charge is -2.12. The van der Waals surface area contributed by atoms with Gasteiger partial charge in [-0.05, 0) is 66.4 Å². The van der Waals surface area contributed by atoms with Crippen molar-refractivity contribution in [3.63, 3.8) is 0 Å². The van der Waals surface area contributed by atoms with Crippen molar-refractivity contribution in [2.24, 2.45) is 0 Å². The Hall–Kier alpha value is -4.61. The van der Waals surface area contributed by atoms with Crippen LogP contribution in [0.5, 0.6) is 5.75 Å². The molecule has 1 heterocycles. The summed E-state index contributed by atoms with van der Waals surface area (Å²) in [4.78, 5) is 40.0. The summed E-state index contributed by atoms with van der Waals surface area (Å²) >= 11 is 1.34. The lowest BCUT2D eigenvalue weighted by Crippen LogP contribution is -2.13. The number of thiazole rings is 1. The Labute approximate surface area is 235 Å². The molecule has 11 heteroatoms. The van der Waals surface area contributed by atoms with Crippen molar-refractivity contribution in [2.75, 3.05) is 31.0 Å². The van der Waals surface area contributed by atoms with Crippen LogP contribution in [-0.2, 0) is 17.6 Å². The van der Waals surface area contributed by atoms with Gasteiger partial charge in [0.2, 0.25) is 0 Å². The SMILES string of the molecule is COCCCOc1cc(CCc2cccc(NC(=O)c3ccc([N+](=O)[O-])cc3)c2)cc(C(=O)Nc2nccs2)c1. The van der Waals surface area contributed by atoms with Crippen LogP contribution in [0, 0.1) is 10.1 Å². The number of hydrogen-bond donors (Lipinski definition) is 2. The zero-order chi connectivity index (χ0) is 28.3. The number of nitro benzene ring substituents is 1. The maximum Gasteiger partial charge on any atom is 0.269 e. The van der Waals surface area contributed by atoms with Gasteiger partial charge in [0.1, 0.15) is 5.75 Å². The third kappa shape index (κ3) is 8.19. The van der Waals surface area contributed by atoms with Gasteiger partial charge < -0.3 is 14.8 Å². The molecule has 0 aliphatic heterocycles.